The number of likely N-dealkylation sites (tertiary alicyclic amines) is 1. The fourth-order valence-electron chi connectivity index (χ4n) is 4.16. The van der Waals surface area contributed by atoms with E-state index in [-0.39, 0.29) is 5.41 Å². The summed E-state index contributed by atoms with van der Waals surface area (Å²) < 4.78 is 0. The molecule has 1 aromatic rings. The van der Waals surface area contributed by atoms with Crippen LogP contribution < -0.4 is 4.90 Å². The summed E-state index contributed by atoms with van der Waals surface area (Å²) in [7, 11) is 2.20. The van der Waals surface area contributed by atoms with Crippen molar-refractivity contribution >= 4 is 5.82 Å². The summed E-state index contributed by atoms with van der Waals surface area (Å²) in [6, 6.07) is 6.80. The zero-order valence-electron chi connectivity index (χ0n) is 14.1. The van der Waals surface area contributed by atoms with Crippen molar-refractivity contribution in [3.8, 4) is 0 Å². The van der Waals surface area contributed by atoms with Crippen LogP contribution in [-0.4, -0.2) is 54.3 Å². The number of piperidine rings is 2. The van der Waals surface area contributed by atoms with E-state index < -0.39 is 0 Å². The van der Waals surface area contributed by atoms with E-state index in [1.807, 2.05) is 0 Å². The van der Waals surface area contributed by atoms with Crippen LogP contribution in [0.3, 0.4) is 0 Å². The Hall–Kier alpha value is -1.13. The highest BCUT2D eigenvalue weighted by molar-refractivity contribution is 5.41. The van der Waals surface area contributed by atoms with Crippen molar-refractivity contribution in [2.45, 2.75) is 45.1 Å². The molecule has 2 aliphatic heterocycles. The lowest BCUT2D eigenvalue weighted by molar-refractivity contribution is -0.0277. The molecule has 2 atom stereocenters. The highest BCUT2D eigenvalue weighted by atomic mass is 16.3. The molecule has 0 aromatic carbocycles. The van der Waals surface area contributed by atoms with Crippen LogP contribution >= 0.6 is 0 Å². The standard InChI is InChI=1S/C18H29N3O/c1-14(2)15-6-4-7-17(19-15)21-11-9-18(13-22)8-5-10-20(3)16(18)12-21/h4,6-7,14,16,22H,5,8-13H2,1-3H3/t16-,18-/m1/s1. The van der Waals surface area contributed by atoms with Crippen molar-refractivity contribution in [3.63, 3.8) is 0 Å². The van der Waals surface area contributed by atoms with Crippen LogP contribution in [0.15, 0.2) is 18.2 Å². The zero-order valence-corrected chi connectivity index (χ0v) is 14.1. The zero-order chi connectivity index (χ0) is 15.7. The van der Waals surface area contributed by atoms with Crippen molar-refractivity contribution in [2.75, 3.05) is 38.2 Å². The van der Waals surface area contributed by atoms with Gasteiger partial charge in [-0.25, -0.2) is 4.98 Å². The fraction of sp³-hybridized carbons (Fsp3) is 0.722. The molecular formula is C18H29N3O. The van der Waals surface area contributed by atoms with Gasteiger partial charge in [0.15, 0.2) is 0 Å². The summed E-state index contributed by atoms with van der Waals surface area (Å²) in [5, 5.41) is 10.0. The van der Waals surface area contributed by atoms with Gasteiger partial charge in [0.1, 0.15) is 5.82 Å². The average molecular weight is 303 g/mol. The van der Waals surface area contributed by atoms with Gasteiger partial charge < -0.3 is 14.9 Å². The van der Waals surface area contributed by atoms with Crippen molar-refractivity contribution < 1.29 is 5.11 Å². The van der Waals surface area contributed by atoms with Crippen LogP contribution in [0.25, 0.3) is 0 Å². The van der Waals surface area contributed by atoms with Crippen molar-refractivity contribution in [2.24, 2.45) is 5.41 Å². The van der Waals surface area contributed by atoms with Gasteiger partial charge >= 0.3 is 0 Å². The monoisotopic (exact) mass is 303 g/mol. The van der Waals surface area contributed by atoms with E-state index in [1.54, 1.807) is 0 Å². The minimum Gasteiger partial charge on any atom is -0.396 e. The molecule has 1 aromatic heterocycles. The summed E-state index contributed by atoms with van der Waals surface area (Å²) in [6.45, 7) is 7.81. The number of fused-ring (bicyclic) bond motifs is 1. The quantitative estimate of drug-likeness (QED) is 0.931. The van der Waals surface area contributed by atoms with E-state index in [9.17, 15) is 5.11 Å². The molecular weight excluding hydrogens is 274 g/mol. The highest BCUT2D eigenvalue weighted by Crippen LogP contribution is 2.42. The minimum absolute atomic E-state index is 0.0964. The van der Waals surface area contributed by atoms with Crippen LogP contribution in [0, 0.1) is 5.41 Å². The smallest absolute Gasteiger partial charge is 0.128 e. The van der Waals surface area contributed by atoms with E-state index in [0.29, 0.717) is 18.6 Å². The number of rotatable bonds is 3. The highest BCUT2D eigenvalue weighted by Gasteiger charge is 2.46. The summed E-state index contributed by atoms with van der Waals surface area (Å²) in [4.78, 5) is 9.70. The summed E-state index contributed by atoms with van der Waals surface area (Å²) >= 11 is 0. The SMILES string of the molecule is CC(C)c1cccc(N2CC[C@@]3(CO)CCCN(C)[C@@H]3C2)n1. The molecule has 4 heteroatoms. The van der Waals surface area contributed by atoms with Crippen LogP contribution in [-0.2, 0) is 0 Å². The van der Waals surface area contributed by atoms with Gasteiger partial charge in [-0.05, 0) is 50.9 Å². The molecule has 3 rings (SSSR count). The molecule has 0 bridgehead atoms. The normalized spacial score (nSPS) is 29.7. The topological polar surface area (TPSA) is 39.6 Å². The molecule has 2 aliphatic rings. The summed E-state index contributed by atoms with van der Waals surface area (Å²) in [5.41, 5.74) is 1.26. The molecule has 4 nitrogen and oxygen atoms in total. The second kappa shape index (κ2) is 6.17. The van der Waals surface area contributed by atoms with Gasteiger partial charge in [0.25, 0.3) is 0 Å². The maximum absolute atomic E-state index is 10.0. The molecule has 3 heterocycles. The van der Waals surface area contributed by atoms with Gasteiger partial charge in [-0.2, -0.15) is 0 Å². The Morgan fingerprint density at radius 1 is 1.32 bits per heavy atom. The molecule has 2 fully saturated rings. The summed E-state index contributed by atoms with van der Waals surface area (Å²) in [6.07, 6.45) is 3.42. The lowest BCUT2D eigenvalue weighted by Crippen LogP contribution is -2.61. The van der Waals surface area contributed by atoms with E-state index in [2.05, 4.69) is 48.9 Å². The van der Waals surface area contributed by atoms with E-state index in [0.717, 1.165) is 44.0 Å². The van der Waals surface area contributed by atoms with E-state index in [4.69, 9.17) is 4.98 Å². The fourth-order valence-corrected chi connectivity index (χ4v) is 4.16. The number of hydrogen-bond acceptors (Lipinski definition) is 4. The Morgan fingerprint density at radius 2 is 2.14 bits per heavy atom. The second-order valence-electron chi connectivity index (χ2n) is 7.39. The first-order valence-corrected chi connectivity index (χ1v) is 8.59. The van der Waals surface area contributed by atoms with Gasteiger partial charge in [-0.1, -0.05) is 19.9 Å². The number of pyridine rings is 1. The Morgan fingerprint density at radius 3 is 2.86 bits per heavy atom. The lowest BCUT2D eigenvalue weighted by atomic mass is 9.69. The van der Waals surface area contributed by atoms with Gasteiger partial charge in [0.2, 0.25) is 0 Å². The van der Waals surface area contributed by atoms with Gasteiger partial charge in [-0.15, -0.1) is 0 Å². The van der Waals surface area contributed by atoms with E-state index >= 15 is 0 Å². The van der Waals surface area contributed by atoms with Crippen molar-refractivity contribution in [1.29, 1.82) is 0 Å². The van der Waals surface area contributed by atoms with Crippen LogP contribution in [0.5, 0.6) is 0 Å². The largest absolute Gasteiger partial charge is 0.396 e. The lowest BCUT2D eigenvalue weighted by Gasteiger charge is -2.53. The molecule has 22 heavy (non-hydrogen) atoms. The van der Waals surface area contributed by atoms with Crippen LogP contribution in [0.4, 0.5) is 5.82 Å². The van der Waals surface area contributed by atoms with Gasteiger partial charge in [-0.3, -0.25) is 0 Å². The molecule has 122 valence electrons. The second-order valence-corrected chi connectivity index (χ2v) is 7.39. The maximum Gasteiger partial charge on any atom is 0.128 e. The number of nitrogens with zero attached hydrogens (tertiary/aromatic N) is 3. The minimum atomic E-state index is 0.0964. The third-order valence-corrected chi connectivity index (χ3v) is 5.68. The molecule has 1 N–H and O–H groups in total. The maximum atomic E-state index is 10.0. The summed E-state index contributed by atoms with van der Waals surface area (Å²) in [5.74, 6) is 1.55. The predicted octanol–water partition coefficient (Wildman–Crippen LogP) is 2.49. The molecule has 0 saturated carbocycles. The first-order valence-electron chi connectivity index (χ1n) is 8.59. The Kier molecular flexibility index (Phi) is 4.42. The molecule has 0 spiro atoms. The predicted molar refractivity (Wildman–Crippen MR) is 90.3 cm³/mol. The molecule has 0 aliphatic carbocycles. The van der Waals surface area contributed by atoms with Gasteiger partial charge in [0.05, 0.1) is 6.61 Å². The number of aliphatic hydroxyl groups excluding tert-OH is 1. The first kappa shape index (κ1) is 15.8. The third-order valence-electron chi connectivity index (χ3n) is 5.68. The van der Waals surface area contributed by atoms with Crippen molar-refractivity contribution in [1.82, 2.24) is 9.88 Å². The number of anilines is 1. The molecule has 2 saturated heterocycles. The molecule has 0 radical (unpaired) electrons. The Balaban J connectivity index is 1.82. The first-order chi connectivity index (χ1) is 10.6. The Bertz CT molecular complexity index is 519. The molecule has 0 unspecified atom stereocenters. The third kappa shape index (κ3) is 2.74. The number of likely N-dealkylation sites (N-methyl/N-ethyl adjacent to an activating group) is 1. The van der Waals surface area contributed by atoms with Crippen molar-refractivity contribution in [3.05, 3.63) is 23.9 Å². The Labute approximate surface area is 134 Å². The van der Waals surface area contributed by atoms with Gasteiger partial charge in [0, 0.05) is 30.2 Å². The number of aliphatic hydroxyl groups is 1. The van der Waals surface area contributed by atoms with E-state index in [1.165, 1.54) is 6.42 Å². The average Bonchev–Trinajstić information content (AvgIpc) is 2.55. The van der Waals surface area contributed by atoms with Crippen LogP contribution in [0.1, 0.15) is 44.7 Å². The number of aromatic nitrogens is 1. The number of hydrogen-bond donors (Lipinski definition) is 1. The van der Waals surface area contributed by atoms with Crippen LogP contribution in [0.2, 0.25) is 0 Å². The molecule has 0 amide bonds.